The number of likely N-dealkylation sites (tertiary alicyclic amines) is 1. The second-order valence-corrected chi connectivity index (χ2v) is 12.5. The van der Waals surface area contributed by atoms with Gasteiger partial charge in [0.25, 0.3) is 5.08 Å². The van der Waals surface area contributed by atoms with Crippen molar-refractivity contribution in [2.24, 2.45) is 0 Å². The molecule has 0 bridgehead atoms. The van der Waals surface area contributed by atoms with E-state index in [1.807, 2.05) is 0 Å². The number of benzene rings is 1. The zero-order valence-corrected chi connectivity index (χ0v) is 20.2. The molecule has 0 saturated carbocycles. The van der Waals surface area contributed by atoms with Crippen LogP contribution in [-0.2, 0) is 29.4 Å². The van der Waals surface area contributed by atoms with Crippen LogP contribution in [0.15, 0.2) is 36.7 Å². The lowest BCUT2D eigenvalue weighted by atomic mass is 10.2. The zero-order chi connectivity index (χ0) is 25.6. The number of imide groups is 1. The third-order valence-electron chi connectivity index (χ3n) is 5.32. The first kappa shape index (κ1) is 25.9. The fourth-order valence-corrected chi connectivity index (χ4v) is 7.34. The highest BCUT2D eigenvalue weighted by Gasteiger charge is 2.67. The second kappa shape index (κ2) is 9.34. The third-order valence-corrected chi connectivity index (χ3v) is 10.2. The highest BCUT2D eigenvalue weighted by atomic mass is 35.5. The molecule has 0 spiro atoms. The van der Waals surface area contributed by atoms with E-state index in [4.69, 9.17) is 25.4 Å². The van der Waals surface area contributed by atoms with Gasteiger partial charge in [0, 0.05) is 37.3 Å². The molecule has 2 aliphatic rings. The zero-order valence-electron chi connectivity index (χ0n) is 17.6. The monoisotopic (exact) mass is 550 g/mol. The summed E-state index contributed by atoms with van der Waals surface area (Å²) >= 11 is 6.00. The minimum absolute atomic E-state index is 0.0955. The Balaban J connectivity index is 1.59. The number of carbonyl (C=O) groups excluding carboxylic acids is 2. The van der Waals surface area contributed by atoms with Crippen molar-refractivity contribution in [1.82, 2.24) is 9.88 Å². The van der Waals surface area contributed by atoms with Crippen molar-refractivity contribution in [3.05, 3.63) is 58.6 Å². The van der Waals surface area contributed by atoms with Gasteiger partial charge < -0.3 is 19.6 Å². The molecule has 188 valence electrons. The average Bonchev–Trinajstić information content (AvgIpc) is 3.21. The van der Waals surface area contributed by atoms with Crippen LogP contribution < -0.4 is 4.74 Å². The molecule has 0 aliphatic carbocycles. The molecule has 2 aliphatic heterocycles. The molecule has 2 unspecified atom stereocenters. The lowest BCUT2D eigenvalue weighted by molar-refractivity contribution is -0.125. The molecule has 2 saturated heterocycles. The number of hydrogen-bond donors (Lipinski definition) is 3. The van der Waals surface area contributed by atoms with Crippen molar-refractivity contribution in [3.8, 4) is 5.75 Å². The van der Waals surface area contributed by atoms with Gasteiger partial charge in [-0.3, -0.25) is 28.0 Å². The maximum Gasteiger partial charge on any atom is 0.422 e. The van der Waals surface area contributed by atoms with Crippen LogP contribution in [0.3, 0.4) is 0 Å². The van der Waals surface area contributed by atoms with Gasteiger partial charge in [-0.1, -0.05) is 17.7 Å². The molecule has 16 heteroatoms. The van der Waals surface area contributed by atoms with Crippen LogP contribution in [0, 0.1) is 5.82 Å². The number of carbonyl (C=O) groups is 2. The van der Waals surface area contributed by atoms with Crippen LogP contribution in [-0.4, -0.2) is 48.4 Å². The molecule has 35 heavy (non-hydrogen) atoms. The number of nitrogens with zero attached hydrogens (tertiary/aromatic N) is 2. The molecule has 1 aromatic carbocycles. The number of pyridine rings is 1. The Hall–Kier alpha value is -2.21. The Morgan fingerprint density at radius 3 is 2.54 bits per heavy atom. The highest BCUT2D eigenvalue weighted by molar-refractivity contribution is 7.73. The van der Waals surface area contributed by atoms with E-state index in [1.165, 1.54) is 24.5 Å². The Morgan fingerprint density at radius 2 is 2.00 bits per heavy atom. The van der Waals surface area contributed by atoms with Gasteiger partial charge in [0.1, 0.15) is 0 Å². The fraction of sp³-hybridized carbons (Fsp3) is 0.316. The molecule has 2 amide bonds. The normalized spacial score (nSPS) is 30.9. The highest BCUT2D eigenvalue weighted by Crippen LogP contribution is 2.79. The number of rotatable bonds is 4. The number of aromatic nitrogens is 1. The minimum atomic E-state index is -5.31. The number of amides is 2. The summed E-state index contributed by atoms with van der Waals surface area (Å²) in [4.78, 5) is 49.2. The molecule has 1 aromatic heterocycles. The van der Waals surface area contributed by atoms with Crippen LogP contribution in [0.5, 0.6) is 5.75 Å². The lowest BCUT2D eigenvalue weighted by Gasteiger charge is -2.41. The van der Waals surface area contributed by atoms with Gasteiger partial charge in [-0.2, -0.15) is 0 Å². The summed E-state index contributed by atoms with van der Waals surface area (Å²) in [5, 5.41) is 6.97. The van der Waals surface area contributed by atoms with Crippen molar-refractivity contribution in [2.45, 2.75) is 30.6 Å². The molecule has 2 aromatic rings. The van der Waals surface area contributed by atoms with Crippen LogP contribution >= 0.6 is 26.8 Å². The summed E-state index contributed by atoms with van der Waals surface area (Å²) in [5.74, 6) is -2.50. The SMILES string of the molecule is O=C1CCCN1C(=O)Oc1c(F)cc(C2OP(=O)(O)C(O)(Cc3cccnc3)P(=O)(O)O2)cc1Cl. The van der Waals surface area contributed by atoms with Gasteiger partial charge in [-0.15, -0.1) is 0 Å². The third kappa shape index (κ3) is 4.78. The predicted octanol–water partition coefficient (Wildman–Crippen LogP) is 3.30. The van der Waals surface area contributed by atoms with Crippen LogP contribution in [0.1, 0.15) is 30.3 Å². The summed E-state index contributed by atoms with van der Waals surface area (Å²) < 4.78 is 55.2. The van der Waals surface area contributed by atoms with E-state index in [2.05, 4.69) is 4.98 Å². The standard InChI is InChI=1S/C19H18ClFN2O10P2/c20-13-7-12(8-14(21)16(13)31-18(25)23-6-2-4-15(23)24)17-32-34(27,28)19(26,35(29,30)33-17)9-11-3-1-5-22-10-11/h1,3,5,7-8,10,17,26H,2,4,6,9H2,(H,27,28)(H,29,30). The molecule has 3 heterocycles. The second-order valence-electron chi connectivity index (χ2n) is 7.73. The predicted molar refractivity (Wildman–Crippen MR) is 116 cm³/mol. The van der Waals surface area contributed by atoms with E-state index in [-0.39, 0.29) is 18.5 Å². The molecule has 0 radical (unpaired) electrons. The van der Waals surface area contributed by atoms with E-state index in [9.17, 15) is 38.0 Å². The van der Waals surface area contributed by atoms with Crippen molar-refractivity contribution in [2.75, 3.05) is 6.54 Å². The average molecular weight is 551 g/mol. The van der Waals surface area contributed by atoms with Gasteiger partial charge in [0.2, 0.25) is 12.2 Å². The van der Waals surface area contributed by atoms with Gasteiger partial charge in [0.15, 0.2) is 11.6 Å². The molecule has 4 rings (SSSR count). The summed E-state index contributed by atoms with van der Waals surface area (Å²) in [6, 6.07) is 4.38. The molecule has 2 fully saturated rings. The van der Waals surface area contributed by atoms with Gasteiger partial charge in [-0.05, 0) is 30.2 Å². The van der Waals surface area contributed by atoms with Crippen molar-refractivity contribution in [3.63, 3.8) is 0 Å². The first-order chi connectivity index (χ1) is 16.3. The molecule has 12 nitrogen and oxygen atoms in total. The lowest BCUT2D eigenvalue weighted by Crippen LogP contribution is -2.38. The Labute approximate surface area is 202 Å². The van der Waals surface area contributed by atoms with E-state index in [1.54, 1.807) is 0 Å². The summed E-state index contributed by atoms with van der Waals surface area (Å²) in [6.07, 6.45) is -0.898. The number of ether oxygens (including phenoxy) is 1. The largest absolute Gasteiger partial charge is 0.422 e. The van der Waals surface area contributed by atoms with E-state index in [0.717, 1.165) is 11.0 Å². The molecular formula is C19H18ClFN2O10P2. The van der Waals surface area contributed by atoms with E-state index >= 15 is 0 Å². The smallest absolute Gasteiger partial charge is 0.405 e. The van der Waals surface area contributed by atoms with Crippen LogP contribution in [0.2, 0.25) is 5.02 Å². The summed E-state index contributed by atoms with van der Waals surface area (Å²) in [6.45, 7) is 0.0955. The Bertz CT molecular complexity index is 1230. The van der Waals surface area contributed by atoms with Crippen molar-refractivity contribution < 1.29 is 51.8 Å². The van der Waals surface area contributed by atoms with Gasteiger partial charge in [0.05, 0.1) is 5.02 Å². The number of hydrogen-bond acceptors (Lipinski definition) is 9. The topological polar surface area (TPSA) is 173 Å². The fourth-order valence-electron chi connectivity index (χ4n) is 3.50. The molecule has 2 atom stereocenters. The maximum absolute atomic E-state index is 14.7. The van der Waals surface area contributed by atoms with Crippen molar-refractivity contribution in [1.29, 1.82) is 0 Å². The number of aliphatic hydroxyl groups is 1. The quantitative estimate of drug-likeness (QED) is 0.477. The van der Waals surface area contributed by atoms with Crippen LogP contribution in [0.25, 0.3) is 0 Å². The Kier molecular flexibility index (Phi) is 6.91. The van der Waals surface area contributed by atoms with E-state index in [0.29, 0.717) is 12.5 Å². The Morgan fingerprint density at radius 1 is 1.31 bits per heavy atom. The van der Waals surface area contributed by atoms with Gasteiger partial charge in [-0.25, -0.2) is 14.1 Å². The maximum atomic E-state index is 14.7. The summed E-state index contributed by atoms with van der Waals surface area (Å²) in [5.41, 5.74) is -0.280. The van der Waals surface area contributed by atoms with E-state index < -0.39 is 67.1 Å². The molecular weight excluding hydrogens is 533 g/mol. The molecule has 3 N–H and O–H groups in total. The minimum Gasteiger partial charge on any atom is -0.405 e. The first-order valence-electron chi connectivity index (χ1n) is 9.99. The van der Waals surface area contributed by atoms with Crippen molar-refractivity contribution >= 4 is 38.8 Å². The first-order valence-corrected chi connectivity index (χ1v) is 13.5. The van der Waals surface area contributed by atoms with Gasteiger partial charge >= 0.3 is 21.3 Å². The summed E-state index contributed by atoms with van der Waals surface area (Å²) in [7, 11) is -10.6. The van der Waals surface area contributed by atoms with Crippen LogP contribution in [0.4, 0.5) is 9.18 Å². The number of halogens is 2.